The lowest BCUT2D eigenvalue weighted by molar-refractivity contribution is -0.0589. The first kappa shape index (κ1) is 14.1. The fourth-order valence-electron chi connectivity index (χ4n) is 2.35. The van der Waals surface area contributed by atoms with E-state index in [1.54, 1.807) is 26.5 Å². The fourth-order valence-corrected chi connectivity index (χ4v) is 2.35. The summed E-state index contributed by atoms with van der Waals surface area (Å²) in [5.74, 6) is 1.33. The highest BCUT2D eigenvalue weighted by Gasteiger charge is 2.28. The fraction of sp³-hybridized carbons (Fsp3) is 0.643. The molecule has 19 heavy (non-hydrogen) atoms. The van der Waals surface area contributed by atoms with Gasteiger partial charge >= 0.3 is 0 Å². The molecule has 2 heterocycles. The quantitative estimate of drug-likeness (QED) is 0.880. The Labute approximate surface area is 114 Å². The second-order valence-corrected chi connectivity index (χ2v) is 5.01. The first-order valence-corrected chi connectivity index (χ1v) is 6.59. The summed E-state index contributed by atoms with van der Waals surface area (Å²) < 4.78 is 16.7. The number of rotatable bonds is 5. The Hall–Kier alpha value is -1.33. The van der Waals surface area contributed by atoms with Gasteiger partial charge in [-0.2, -0.15) is 0 Å². The van der Waals surface area contributed by atoms with Gasteiger partial charge in [0.2, 0.25) is 0 Å². The molecule has 1 aliphatic rings. The minimum atomic E-state index is -0.131. The highest BCUT2D eigenvalue weighted by atomic mass is 16.5. The van der Waals surface area contributed by atoms with E-state index in [0.717, 1.165) is 31.6 Å². The lowest BCUT2D eigenvalue weighted by Crippen LogP contribution is -2.45. The van der Waals surface area contributed by atoms with Crippen molar-refractivity contribution in [3.63, 3.8) is 0 Å². The average molecular weight is 266 g/mol. The molecule has 1 fully saturated rings. The van der Waals surface area contributed by atoms with Gasteiger partial charge in [-0.25, -0.2) is 0 Å². The number of nitrogens with zero attached hydrogens (tertiary/aromatic N) is 1. The molecular formula is C14H22N2O3. The normalized spacial score (nSPS) is 23.1. The van der Waals surface area contributed by atoms with Gasteiger partial charge in [-0.1, -0.05) is 0 Å². The molecule has 1 saturated heterocycles. The van der Waals surface area contributed by atoms with Gasteiger partial charge in [0.25, 0.3) is 0 Å². The molecule has 0 spiro atoms. The van der Waals surface area contributed by atoms with Crippen LogP contribution in [0, 0.1) is 0 Å². The molecule has 1 aromatic heterocycles. The van der Waals surface area contributed by atoms with Crippen LogP contribution in [0.4, 0.5) is 0 Å². The zero-order valence-electron chi connectivity index (χ0n) is 11.9. The second-order valence-electron chi connectivity index (χ2n) is 5.01. The minimum Gasteiger partial charge on any atom is -0.493 e. The van der Waals surface area contributed by atoms with Crippen LogP contribution in [0.2, 0.25) is 0 Å². The molecule has 1 atom stereocenters. The smallest absolute Gasteiger partial charge is 0.184 e. The van der Waals surface area contributed by atoms with Gasteiger partial charge < -0.3 is 19.5 Å². The molecule has 0 aliphatic carbocycles. The average Bonchev–Trinajstić information content (AvgIpc) is 2.45. The number of hydrogen-bond donors (Lipinski definition) is 1. The molecule has 5 heteroatoms. The predicted octanol–water partition coefficient (Wildman–Crippen LogP) is 1.76. The van der Waals surface area contributed by atoms with E-state index in [1.807, 2.05) is 0 Å². The van der Waals surface area contributed by atoms with Gasteiger partial charge in [-0.15, -0.1) is 0 Å². The SMILES string of the molecule is COc1ccnc(COC2(C)CCCNC2)c1OC. The standard InChI is InChI=1S/C14H22N2O3/c1-14(6-4-7-15-10-14)19-9-11-13(18-3)12(17-2)5-8-16-11/h5,8,15H,4,6-7,9-10H2,1-3H3. The molecule has 5 nitrogen and oxygen atoms in total. The zero-order valence-corrected chi connectivity index (χ0v) is 11.9. The van der Waals surface area contributed by atoms with E-state index in [2.05, 4.69) is 17.2 Å². The van der Waals surface area contributed by atoms with E-state index in [-0.39, 0.29) is 5.60 Å². The summed E-state index contributed by atoms with van der Waals surface area (Å²) in [6.07, 6.45) is 3.91. The number of pyridine rings is 1. The lowest BCUT2D eigenvalue weighted by Gasteiger charge is -2.34. The topological polar surface area (TPSA) is 52.6 Å². The third kappa shape index (κ3) is 3.36. The molecule has 1 N–H and O–H groups in total. The summed E-state index contributed by atoms with van der Waals surface area (Å²) in [5, 5.41) is 3.36. The highest BCUT2D eigenvalue weighted by Crippen LogP contribution is 2.31. The molecule has 1 aromatic rings. The maximum atomic E-state index is 6.04. The Morgan fingerprint density at radius 1 is 1.37 bits per heavy atom. The third-order valence-electron chi connectivity index (χ3n) is 3.48. The van der Waals surface area contributed by atoms with Crippen LogP contribution in [0.15, 0.2) is 12.3 Å². The van der Waals surface area contributed by atoms with Crippen molar-refractivity contribution in [2.75, 3.05) is 27.3 Å². The molecule has 0 saturated carbocycles. The van der Waals surface area contributed by atoms with Gasteiger partial charge in [0.15, 0.2) is 11.5 Å². The van der Waals surface area contributed by atoms with Crippen LogP contribution in [-0.2, 0) is 11.3 Å². The van der Waals surface area contributed by atoms with Crippen molar-refractivity contribution < 1.29 is 14.2 Å². The highest BCUT2D eigenvalue weighted by molar-refractivity contribution is 5.42. The Morgan fingerprint density at radius 2 is 2.21 bits per heavy atom. The first-order valence-electron chi connectivity index (χ1n) is 6.59. The number of piperidine rings is 1. The number of ether oxygens (including phenoxy) is 3. The molecule has 0 bridgehead atoms. The van der Waals surface area contributed by atoms with Crippen molar-refractivity contribution in [2.24, 2.45) is 0 Å². The van der Waals surface area contributed by atoms with Crippen LogP contribution >= 0.6 is 0 Å². The third-order valence-corrected chi connectivity index (χ3v) is 3.48. The Kier molecular flexibility index (Phi) is 4.61. The van der Waals surface area contributed by atoms with Crippen LogP contribution in [0.1, 0.15) is 25.5 Å². The Balaban J connectivity index is 2.06. The number of aromatic nitrogens is 1. The largest absolute Gasteiger partial charge is 0.493 e. The second kappa shape index (κ2) is 6.21. The van der Waals surface area contributed by atoms with Gasteiger partial charge in [0, 0.05) is 18.8 Å². The monoisotopic (exact) mass is 266 g/mol. The van der Waals surface area contributed by atoms with Crippen molar-refractivity contribution in [2.45, 2.75) is 32.0 Å². The van der Waals surface area contributed by atoms with Crippen molar-refractivity contribution in [1.29, 1.82) is 0 Å². The van der Waals surface area contributed by atoms with E-state index < -0.39 is 0 Å². The van der Waals surface area contributed by atoms with E-state index in [9.17, 15) is 0 Å². The van der Waals surface area contributed by atoms with Crippen molar-refractivity contribution in [1.82, 2.24) is 10.3 Å². The number of nitrogens with one attached hydrogen (secondary N) is 1. The van der Waals surface area contributed by atoms with Gasteiger partial charge in [-0.3, -0.25) is 4.98 Å². The van der Waals surface area contributed by atoms with E-state index in [1.165, 1.54) is 0 Å². The molecule has 1 aliphatic heterocycles. The number of hydrogen-bond acceptors (Lipinski definition) is 5. The maximum absolute atomic E-state index is 6.04. The molecule has 0 amide bonds. The Bertz CT molecular complexity index is 417. The summed E-state index contributed by atoms with van der Waals surface area (Å²) in [6, 6.07) is 1.78. The molecule has 0 aromatic carbocycles. The van der Waals surface area contributed by atoms with Crippen LogP contribution < -0.4 is 14.8 Å². The summed E-state index contributed by atoms with van der Waals surface area (Å²) in [6.45, 7) is 4.50. The lowest BCUT2D eigenvalue weighted by atomic mass is 9.96. The summed E-state index contributed by atoms with van der Waals surface area (Å²) in [7, 11) is 3.24. The number of methoxy groups -OCH3 is 2. The summed E-state index contributed by atoms with van der Waals surface area (Å²) >= 11 is 0. The molecule has 0 radical (unpaired) electrons. The van der Waals surface area contributed by atoms with E-state index >= 15 is 0 Å². The predicted molar refractivity (Wildman–Crippen MR) is 72.6 cm³/mol. The molecule has 106 valence electrons. The zero-order chi connectivity index (χ0) is 13.7. The van der Waals surface area contributed by atoms with Gasteiger partial charge in [0.1, 0.15) is 5.69 Å². The maximum Gasteiger partial charge on any atom is 0.184 e. The van der Waals surface area contributed by atoms with Crippen LogP contribution in [0.25, 0.3) is 0 Å². The van der Waals surface area contributed by atoms with E-state index in [0.29, 0.717) is 18.1 Å². The van der Waals surface area contributed by atoms with E-state index in [4.69, 9.17) is 14.2 Å². The first-order chi connectivity index (χ1) is 9.18. The summed E-state index contributed by atoms with van der Waals surface area (Å²) in [4.78, 5) is 4.32. The Morgan fingerprint density at radius 3 is 2.84 bits per heavy atom. The van der Waals surface area contributed by atoms with Crippen molar-refractivity contribution >= 4 is 0 Å². The van der Waals surface area contributed by atoms with Crippen molar-refractivity contribution in [3.8, 4) is 11.5 Å². The molecule has 2 rings (SSSR count). The van der Waals surface area contributed by atoms with Gasteiger partial charge in [-0.05, 0) is 26.3 Å². The summed E-state index contributed by atoms with van der Waals surface area (Å²) in [5.41, 5.74) is 0.641. The van der Waals surface area contributed by atoms with Crippen LogP contribution in [-0.4, -0.2) is 37.9 Å². The molecule has 1 unspecified atom stereocenters. The minimum absolute atomic E-state index is 0.131. The van der Waals surface area contributed by atoms with Crippen LogP contribution in [0.5, 0.6) is 11.5 Å². The van der Waals surface area contributed by atoms with Crippen molar-refractivity contribution in [3.05, 3.63) is 18.0 Å². The van der Waals surface area contributed by atoms with Crippen LogP contribution in [0.3, 0.4) is 0 Å². The molecular weight excluding hydrogens is 244 g/mol. The van der Waals surface area contributed by atoms with Gasteiger partial charge in [0.05, 0.1) is 26.4 Å².